The third-order valence-electron chi connectivity index (χ3n) is 3.51. The Kier molecular flexibility index (Phi) is 6.26. The van der Waals surface area contributed by atoms with Crippen molar-refractivity contribution in [2.24, 2.45) is 5.92 Å². The van der Waals surface area contributed by atoms with Crippen LogP contribution in [-0.4, -0.2) is 25.3 Å². The number of hydrogen-bond acceptors (Lipinski definition) is 2. The van der Waals surface area contributed by atoms with Crippen molar-refractivity contribution in [3.8, 4) is 0 Å². The van der Waals surface area contributed by atoms with E-state index in [4.69, 9.17) is 4.74 Å². The number of nitrogens with one attached hydrogen (secondary N) is 1. The Morgan fingerprint density at radius 2 is 2.13 bits per heavy atom. The minimum absolute atomic E-state index is 0.505. The minimum atomic E-state index is 0.505. The maximum Gasteiger partial charge on any atom is 0.0616 e. The van der Waals surface area contributed by atoms with E-state index >= 15 is 0 Å². The van der Waals surface area contributed by atoms with Gasteiger partial charge in [-0.05, 0) is 25.8 Å². The summed E-state index contributed by atoms with van der Waals surface area (Å²) in [5.41, 5.74) is 0. The smallest absolute Gasteiger partial charge is 0.0616 e. The third kappa shape index (κ3) is 3.76. The first-order valence-electron chi connectivity index (χ1n) is 6.68. The van der Waals surface area contributed by atoms with E-state index in [0.717, 1.165) is 19.1 Å². The molecule has 1 N–H and O–H groups in total. The van der Waals surface area contributed by atoms with Gasteiger partial charge >= 0.3 is 0 Å². The molecule has 1 fully saturated rings. The van der Waals surface area contributed by atoms with Crippen molar-refractivity contribution in [2.75, 3.05) is 13.2 Å². The normalized spacial score (nSPS) is 28.2. The Morgan fingerprint density at radius 3 is 2.73 bits per heavy atom. The lowest BCUT2D eigenvalue weighted by atomic mass is 9.88. The lowest BCUT2D eigenvalue weighted by molar-refractivity contribution is 0.0764. The summed E-state index contributed by atoms with van der Waals surface area (Å²) >= 11 is 0. The van der Waals surface area contributed by atoms with Gasteiger partial charge in [-0.2, -0.15) is 0 Å². The second kappa shape index (κ2) is 7.24. The van der Waals surface area contributed by atoms with Crippen molar-refractivity contribution < 1.29 is 4.74 Å². The van der Waals surface area contributed by atoms with Gasteiger partial charge in [-0.25, -0.2) is 0 Å². The molecule has 0 aromatic heterocycles. The van der Waals surface area contributed by atoms with Gasteiger partial charge in [0, 0.05) is 18.6 Å². The fraction of sp³-hybridized carbons (Fsp3) is 1.00. The number of rotatable bonds is 7. The van der Waals surface area contributed by atoms with Gasteiger partial charge in [0.15, 0.2) is 0 Å². The maximum absolute atomic E-state index is 5.78. The zero-order chi connectivity index (χ0) is 11.1. The second-order valence-electron chi connectivity index (χ2n) is 4.58. The quantitative estimate of drug-likeness (QED) is 0.702. The zero-order valence-corrected chi connectivity index (χ0v) is 10.6. The lowest BCUT2D eigenvalue weighted by Crippen LogP contribution is -2.39. The zero-order valence-electron chi connectivity index (χ0n) is 10.6. The predicted molar refractivity (Wildman–Crippen MR) is 65.1 cm³/mol. The molecule has 0 amide bonds. The van der Waals surface area contributed by atoms with Crippen molar-refractivity contribution in [3.63, 3.8) is 0 Å². The molecule has 1 rings (SSSR count). The van der Waals surface area contributed by atoms with E-state index in [1.165, 1.54) is 32.1 Å². The van der Waals surface area contributed by atoms with Crippen LogP contribution < -0.4 is 5.32 Å². The first kappa shape index (κ1) is 13.0. The van der Waals surface area contributed by atoms with Gasteiger partial charge < -0.3 is 10.1 Å². The summed E-state index contributed by atoms with van der Waals surface area (Å²) in [4.78, 5) is 0. The fourth-order valence-corrected chi connectivity index (χ4v) is 2.70. The van der Waals surface area contributed by atoms with Gasteiger partial charge in [0.25, 0.3) is 0 Å². The molecule has 3 unspecified atom stereocenters. The van der Waals surface area contributed by atoms with Gasteiger partial charge in [0.1, 0.15) is 0 Å². The Hall–Kier alpha value is -0.0800. The van der Waals surface area contributed by atoms with Gasteiger partial charge in [0.2, 0.25) is 0 Å². The van der Waals surface area contributed by atoms with Crippen molar-refractivity contribution in [2.45, 2.75) is 65.0 Å². The van der Waals surface area contributed by atoms with Crippen LogP contribution in [0, 0.1) is 5.92 Å². The first-order chi connectivity index (χ1) is 7.33. The number of ether oxygens (including phenoxy) is 1. The molecule has 2 nitrogen and oxygen atoms in total. The highest BCUT2D eigenvalue weighted by atomic mass is 16.5. The minimum Gasteiger partial charge on any atom is -0.378 e. The van der Waals surface area contributed by atoms with Crippen LogP contribution in [0.2, 0.25) is 0 Å². The maximum atomic E-state index is 5.78. The van der Waals surface area contributed by atoms with E-state index in [2.05, 4.69) is 26.1 Å². The first-order valence-corrected chi connectivity index (χ1v) is 6.68. The van der Waals surface area contributed by atoms with Crippen molar-refractivity contribution in [1.82, 2.24) is 5.32 Å². The van der Waals surface area contributed by atoms with Crippen LogP contribution in [0.15, 0.2) is 0 Å². The van der Waals surface area contributed by atoms with E-state index < -0.39 is 0 Å². The van der Waals surface area contributed by atoms with Crippen LogP contribution in [0.25, 0.3) is 0 Å². The predicted octanol–water partition coefficient (Wildman–Crippen LogP) is 2.97. The van der Waals surface area contributed by atoms with Crippen molar-refractivity contribution in [3.05, 3.63) is 0 Å². The molecule has 90 valence electrons. The molecule has 1 aliphatic heterocycles. The molecule has 15 heavy (non-hydrogen) atoms. The summed E-state index contributed by atoms with van der Waals surface area (Å²) in [6.45, 7) is 8.77. The standard InChI is InChI=1S/C13H27NO/c1-4-7-8-12(14-6-3)11-9-10-15-13(11)5-2/h11-14H,4-10H2,1-3H3. The molecule has 2 heteroatoms. The average molecular weight is 213 g/mol. The Morgan fingerprint density at radius 1 is 1.33 bits per heavy atom. The molecule has 0 saturated carbocycles. The van der Waals surface area contributed by atoms with Gasteiger partial charge in [-0.1, -0.05) is 33.6 Å². The van der Waals surface area contributed by atoms with Crippen LogP contribution in [-0.2, 0) is 4.74 Å². The van der Waals surface area contributed by atoms with Crippen LogP contribution in [0.1, 0.15) is 52.9 Å². The molecule has 0 aliphatic carbocycles. The SMILES string of the molecule is CCCCC(NCC)C1CCOC1CC. The van der Waals surface area contributed by atoms with Crippen molar-refractivity contribution in [1.29, 1.82) is 0 Å². The summed E-state index contributed by atoms with van der Waals surface area (Å²) in [7, 11) is 0. The van der Waals surface area contributed by atoms with Crippen LogP contribution in [0.4, 0.5) is 0 Å². The highest BCUT2D eigenvalue weighted by Crippen LogP contribution is 2.28. The number of hydrogen-bond donors (Lipinski definition) is 1. The fourth-order valence-electron chi connectivity index (χ4n) is 2.70. The van der Waals surface area contributed by atoms with Crippen LogP contribution in [0.5, 0.6) is 0 Å². The molecule has 0 aromatic rings. The Bertz CT molecular complexity index is 161. The summed E-state index contributed by atoms with van der Waals surface area (Å²) in [5.74, 6) is 0.751. The van der Waals surface area contributed by atoms with Gasteiger partial charge in [0.05, 0.1) is 6.10 Å². The number of unbranched alkanes of at least 4 members (excludes halogenated alkanes) is 1. The van der Waals surface area contributed by atoms with Gasteiger partial charge in [-0.15, -0.1) is 0 Å². The monoisotopic (exact) mass is 213 g/mol. The molecule has 1 heterocycles. The second-order valence-corrected chi connectivity index (χ2v) is 4.58. The van der Waals surface area contributed by atoms with Gasteiger partial charge in [-0.3, -0.25) is 0 Å². The summed E-state index contributed by atoms with van der Waals surface area (Å²) in [5, 5.41) is 3.64. The van der Waals surface area contributed by atoms with E-state index in [-0.39, 0.29) is 0 Å². The summed E-state index contributed by atoms with van der Waals surface area (Å²) in [6.07, 6.45) is 6.87. The molecule has 1 aliphatic rings. The molecular formula is C13H27NO. The highest BCUT2D eigenvalue weighted by Gasteiger charge is 2.32. The van der Waals surface area contributed by atoms with Crippen LogP contribution >= 0.6 is 0 Å². The molecule has 0 aromatic carbocycles. The van der Waals surface area contributed by atoms with E-state index in [1.54, 1.807) is 0 Å². The van der Waals surface area contributed by atoms with Crippen LogP contribution in [0.3, 0.4) is 0 Å². The summed E-state index contributed by atoms with van der Waals surface area (Å²) < 4.78 is 5.78. The Balaban J connectivity index is 2.45. The molecule has 0 spiro atoms. The third-order valence-corrected chi connectivity index (χ3v) is 3.51. The lowest BCUT2D eigenvalue weighted by Gasteiger charge is -2.27. The molecule has 0 radical (unpaired) electrons. The van der Waals surface area contributed by atoms with Crippen molar-refractivity contribution >= 4 is 0 Å². The Labute approximate surface area is 94.8 Å². The highest BCUT2D eigenvalue weighted by molar-refractivity contribution is 4.85. The molecular weight excluding hydrogens is 186 g/mol. The topological polar surface area (TPSA) is 21.3 Å². The molecule has 3 atom stereocenters. The van der Waals surface area contributed by atoms with E-state index in [0.29, 0.717) is 12.1 Å². The van der Waals surface area contributed by atoms with E-state index in [9.17, 15) is 0 Å². The summed E-state index contributed by atoms with van der Waals surface area (Å²) in [6, 6.07) is 0.683. The largest absolute Gasteiger partial charge is 0.378 e. The molecule has 1 saturated heterocycles. The molecule has 0 bridgehead atoms. The average Bonchev–Trinajstić information content (AvgIpc) is 2.72. The van der Waals surface area contributed by atoms with E-state index in [1.807, 2.05) is 0 Å².